The third kappa shape index (κ3) is 5.37. The van der Waals surface area contributed by atoms with E-state index in [1.54, 1.807) is 11.8 Å². The smallest absolute Gasteiger partial charge is 0.316 e. The summed E-state index contributed by atoms with van der Waals surface area (Å²) in [5.74, 6) is 1.33. The van der Waals surface area contributed by atoms with Crippen LogP contribution in [0.4, 0.5) is 0 Å². The van der Waals surface area contributed by atoms with Crippen molar-refractivity contribution in [2.45, 2.75) is 72.0 Å². The molecule has 3 aliphatic carbocycles. The van der Waals surface area contributed by atoms with Crippen LogP contribution in [-0.2, 0) is 14.3 Å². The van der Waals surface area contributed by atoms with Crippen LogP contribution in [0.5, 0.6) is 0 Å². The van der Waals surface area contributed by atoms with Gasteiger partial charge in [-0.2, -0.15) is 0 Å². The molecule has 0 aromatic heterocycles. The van der Waals surface area contributed by atoms with Gasteiger partial charge >= 0.3 is 5.97 Å². The molecule has 8 atom stereocenters. The fourth-order valence-corrected chi connectivity index (χ4v) is 9.35. The zero-order valence-electron chi connectivity index (χ0n) is 24.0. The van der Waals surface area contributed by atoms with Crippen molar-refractivity contribution in [1.82, 2.24) is 9.80 Å². The van der Waals surface area contributed by atoms with Crippen LogP contribution in [-0.4, -0.2) is 101 Å². The molecule has 1 saturated heterocycles. The number of Topliss-reactive ketones (excluding diaryl/α,β-unsaturated/α-hetero) is 1. The molecule has 0 radical (unpaired) electrons. The largest absolute Gasteiger partial charge is 0.461 e. The van der Waals surface area contributed by atoms with Crippen molar-refractivity contribution in [3.63, 3.8) is 0 Å². The number of esters is 1. The molecule has 0 amide bonds. The molecule has 1 aliphatic heterocycles. The van der Waals surface area contributed by atoms with E-state index < -0.39 is 23.0 Å². The van der Waals surface area contributed by atoms with Crippen molar-refractivity contribution < 1.29 is 24.5 Å². The summed E-state index contributed by atoms with van der Waals surface area (Å²) in [7, 11) is 0. The minimum Gasteiger partial charge on any atom is -0.461 e. The third-order valence-electron chi connectivity index (χ3n) is 11.1. The van der Waals surface area contributed by atoms with Gasteiger partial charge in [0.1, 0.15) is 11.9 Å². The van der Waals surface area contributed by atoms with Crippen molar-refractivity contribution in [1.29, 1.82) is 0 Å². The summed E-state index contributed by atoms with van der Waals surface area (Å²) in [6.07, 6.45) is 4.46. The Morgan fingerprint density at radius 2 is 1.82 bits per heavy atom. The predicted molar refractivity (Wildman–Crippen MR) is 152 cm³/mol. The van der Waals surface area contributed by atoms with Gasteiger partial charge in [0.2, 0.25) is 0 Å². The number of hydrogen-bond acceptors (Lipinski definition) is 8. The monoisotopic (exact) mass is 550 g/mol. The SMILES string of the molecule is C=CC1(C)CC(OC(=O)CSCCN2CCN(CCO)CC2)C2(C)CCC(C)C3(CCC(=O)C23)C(C)C1O. The summed E-state index contributed by atoms with van der Waals surface area (Å²) in [4.78, 5) is 31.4. The number of hydrogen-bond donors (Lipinski definition) is 2. The highest BCUT2D eigenvalue weighted by molar-refractivity contribution is 7.99. The lowest BCUT2D eigenvalue weighted by molar-refractivity contribution is -0.203. The number of aliphatic hydroxyl groups is 2. The first-order chi connectivity index (χ1) is 18.0. The molecule has 0 aromatic carbocycles. The normalized spacial score (nSPS) is 42.3. The van der Waals surface area contributed by atoms with E-state index in [9.17, 15) is 14.7 Å². The van der Waals surface area contributed by atoms with Gasteiger partial charge in [-0.05, 0) is 42.9 Å². The Morgan fingerprint density at radius 1 is 1.16 bits per heavy atom. The number of piperazine rings is 1. The van der Waals surface area contributed by atoms with Gasteiger partial charge in [-0.15, -0.1) is 18.3 Å². The highest BCUT2D eigenvalue weighted by Crippen LogP contribution is 2.68. The van der Waals surface area contributed by atoms with Gasteiger partial charge in [0.15, 0.2) is 0 Å². The summed E-state index contributed by atoms with van der Waals surface area (Å²) in [5, 5.41) is 20.8. The number of carbonyl (C=O) groups excluding carboxylic acids is 2. The molecule has 0 spiro atoms. The Labute approximate surface area is 233 Å². The van der Waals surface area contributed by atoms with Crippen molar-refractivity contribution in [3.05, 3.63) is 12.7 Å². The van der Waals surface area contributed by atoms with Gasteiger partial charge in [0, 0.05) is 68.2 Å². The van der Waals surface area contributed by atoms with Gasteiger partial charge in [-0.25, -0.2) is 0 Å². The quantitative estimate of drug-likeness (QED) is 0.257. The predicted octanol–water partition coefficient (Wildman–Crippen LogP) is 3.24. The maximum atomic E-state index is 13.5. The first kappa shape index (κ1) is 30.0. The number of carbonyl (C=O) groups is 2. The van der Waals surface area contributed by atoms with Gasteiger partial charge in [-0.3, -0.25) is 19.4 Å². The minimum absolute atomic E-state index is 0.0331. The summed E-state index contributed by atoms with van der Waals surface area (Å²) in [6, 6.07) is 0. The van der Waals surface area contributed by atoms with E-state index in [-0.39, 0.29) is 35.6 Å². The second kappa shape index (κ2) is 11.9. The third-order valence-corrected chi connectivity index (χ3v) is 12.0. The van der Waals surface area contributed by atoms with Crippen LogP contribution in [0.2, 0.25) is 0 Å². The maximum Gasteiger partial charge on any atom is 0.316 e. The molecule has 2 bridgehead atoms. The fraction of sp³-hybridized carbons (Fsp3) is 0.867. The van der Waals surface area contributed by atoms with Crippen LogP contribution >= 0.6 is 11.8 Å². The summed E-state index contributed by atoms with van der Waals surface area (Å²) in [5.41, 5.74) is -1.31. The number of ether oxygens (including phenoxy) is 1. The van der Waals surface area contributed by atoms with Crippen LogP contribution < -0.4 is 0 Å². The van der Waals surface area contributed by atoms with E-state index >= 15 is 0 Å². The number of rotatable bonds is 9. The topological polar surface area (TPSA) is 90.3 Å². The number of nitrogens with zero attached hydrogens (tertiary/aromatic N) is 2. The number of ketones is 1. The van der Waals surface area contributed by atoms with Crippen LogP contribution in [0.1, 0.15) is 59.8 Å². The van der Waals surface area contributed by atoms with E-state index in [1.165, 1.54) is 0 Å². The molecule has 38 heavy (non-hydrogen) atoms. The van der Waals surface area contributed by atoms with Gasteiger partial charge in [-0.1, -0.05) is 33.8 Å². The Hall–Kier alpha value is -0.930. The lowest BCUT2D eigenvalue weighted by Gasteiger charge is -2.62. The van der Waals surface area contributed by atoms with Crippen molar-refractivity contribution >= 4 is 23.5 Å². The zero-order valence-corrected chi connectivity index (χ0v) is 24.8. The van der Waals surface area contributed by atoms with Crippen molar-refractivity contribution in [2.75, 3.05) is 57.4 Å². The summed E-state index contributed by atoms with van der Waals surface area (Å²) >= 11 is 1.61. The lowest BCUT2D eigenvalue weighted by Crippen LogP contribution is -2.63. The molecule has 8 unspecified atom stereocenters. The second-order valence-electron chi connectivity index (χ2n) is 13.0. The molecule has 4 rings (SSSR count). The van der Waals surface area contributed by atoms with E-state index in [0.717, 1.165) is 64.3 Å². The Kier molecular flexibility index (Phi) is 9.40. The van der Waals surface area contributed by atoms with Gasteiger partial charge in [0.25, 0.3) is 0 Å². The highest BCUT2D eigenvalue weighted by atomic mass is 32.2. The molecule has 3 saturated carbocycles. The van der Waals surface area contributed by atoms with Crippen molar-refractivity contribution in [2.24, 2.45) is 34.0 Å². The molecule has 1 heterocycles. The Balaban J connectivity index is 1.43. The van der Waals surface area contributed by atoms with E-state index in [2.05, 4.69) is 37.1 Å². The first-order valence-corrected chi connectivity index (χ1v) is 15.8. The summed E-state index contributed by atoms with van der Waals surface area (Å²) < 4.78 is 6.30. The fourth-order valence-electron chi connectivity index (χ4n) is 8.59. The standard InChI is InChI=1S/C30H50N2O5S/c1-6-28(4)19-24(37-25(35)20-38-18-16-32-13-11-31(12-14-32)15-17-33)29(5)9-7-21(2)30(22(3)27(28)36)10-8-23(34)26(29)30/h6,21-22,24,26-27,33,36H,1,7-20H2,2-5H3. The first-order valence-electron chi connectivity index (χ1n) is 14.7. The van der Waals surface area contributed by atoms with E-state index in [0.29, 0.717) is 24.5 Å². The van der Waals surface area contributed by atoms with E-state index in [4.69, 9.17) is 9.84 Å². The average molecular weight is 551 g/mol. The van der Waals surface area contributed by atoms with Crippen LogP contribution in [0.25, 0.3) is 0 Å². The highest BCUT2D eigenvalue weighted by Gasteiger charge is 2.68. The molecule has 0 aromatic rings. The number of aliphatic hydroxyl groups excluding tert-OH is 2. The molecule has 2 N–H and O–H groups in total. The molecule has 216 valence electrons. The van der Waals surface area contributed by atoms with Gasteiger partial charge in [0.05, 0.1) is 18.5 Å². The molecule has 4 fully saturated rings. The van der Waals surface area contributed by atoms with Crippen LogP contribution in [0, 0.1) is 34.0 Å². The molecule has 8 heteroatoms. The molecular formula is C30H50N2O5S. The van der Waals surface area contributed by atoms with Crippen LogP contribution in [0.3, 0.4) is 0 Å². The van der Waals surface area contributed by atoms with Crippen LogP contribution in [0.15, 0.2) is 12.7 Å². The molecule has 4 aliphatic rings. The van der Waals surface area contributed by atoms with E-state index in [1.807, 2.05) is 13.0 Å². The Morgan fingerprint density at radius 3 is 2.45 bits per heavy atom. The van der Waals surface area contributed by atoms with Gasteiger partial charge < -0.3 is 14.9 Å². The van der Waals surface area contributed by atoms with Crippen molar-refractivity contribution in [3.8, 4) is 0 Å². The Bertz CT molecular complexity index is 879. The average Bonchev–Trinajstić information content (AvgIpc) is 3.27. The number of β-amino-alcohol motifs (C(OH)–C–C–N with tert-alkyl or cyclic N) is 1. The molecular weight excluding hydrogens is 500 g/mol. The second-order valence-corrected chi connectivity index (χ2v) is 14.1. The maximum absolute atomic E-state index is 13.5. The minimum atomic E-state index is -0.646. The lowest BCUT2D eigenvalue weighted by atomic mass is 9.43. The zero-order chi connectivity index (χ0) is 27.7. The number of thioether (sulfide) groups is 1. The summed E-state index contributed by atoms with van der Waals surface area (Å²) in [6.45, 7) is 18.5. The molecule has 7 nitrogen and oxygen atoms in total.